The van der Waals surface area contributed by atoms with Crippen LogP contribution in [0.3, 0.4) is 0 Å². The van der Waals surface area contributed by atoms with Gasteiger partial charge in [-0.05, 0) is 38.3 Å². The Hall–Kier alpha value is -1.68. The fourth-order valence-electron chi connectivity index (χ4n) is 4.39. The molecule has 0 spiro atoms. The first-order valence-electron chi connectivity index (χ1n) is 10.3. The number of anilines is 1. The number of fused-ring (bicyclic) bond motifs is 1. The maximum Gasteiger partial charge on any atom is 0.222 e. The number of halogens is 1. The minimum absolute atomic E-state index is 0. The zero-order valence-electron chi connectivity index (χ0n) is 17.9. The number of guanidine groups is 1. The first-order valence-corrected chi connectivity index (χ1v) is 11.2. The third kappa shape index (κ3) is 4.80. The average molecular weight is 539 g/mol. The Labute approximate surface area is 199 Å². The van der Waals surface area contributed by atoms with Gasteiger partial charge in [-0.3, -0.25) is 9.79 Å². The van der Waals surface area contributed by atoms with Gasteiger partial charge in [0.1, 0.15) is 0 Å². The van der Waals surface area contributed by atoms with Crippen molar-refractivity contribution in [1.82, 2.24) is 15.2 Å². The summed E-state index contributed by atoms with van der Waals surface area (Å²) in [5.74, 6) is 1.61. The second kappa shape index (κ2) is 10.1. The average Bonchev–Trinajstić information content (AvgIpc) is 3.38. The lowest BCUT2D eigenvalue weighted by molar-refractivity contribution is -0.127. The van der Waals surface area contributed by atoms with Gasteiger partial charge in [0.2, 0.25) is 5.91 Å². The summed E-state index contributed by atoms with van der Waals surface area (Å²) in [4.78, 5) is 26.6. The van der Waals surface area contributed by atoms with Gasteiger partial charge in [0.05, 0.1) is 17.2 Å². The standard InChI is InChI=1S/C22H29N5OS.HI/c1-15-20(29-16(2)25-15)13-24-22(23-3)27-14-17(18-7-4-5-8-19(18)27)10-12-26-11-6-9-21(26)28;/h4-5,7-8,17H,6,9-14H2,1-3H3,(H,23,24);1H. The summed E-state index contributed by atoms with van der Waals surface area (Å²) in [5, 5.41) is 4.62. The highest BCUT2D eigenvalue weighted by Gasteiger charge is 2.32. The molecule has 1 saturated heterocycles. The van der Waals surface area contributed by atoms with Crippen molar-refractivity contribution in [2.24, 2.45) is 4.99 Å². The van der Waals surface area contributed by atoms with Crippen LogP contribution in [0.15, 0.2) is 29.3 Å². The molecule has 0 radical (unpaired) electrons. The molecule has 1 fully saturated rings. The molecule has 1 N–H and O–H groups in total. The van der Waals surface area contributed by atoms with Crippen molar-refractivity contribution in [1.29, 1.82) is 0 Å². The highest BCUT2D eigenvalue weighted by molar-refractivity contribution is 14.0. The van der Waals surface area contributed by atoms with Crippen LogP contribution >= 0.6 is 35.3 Å². The van der Waals surface area contributed by atoms with Gasteiger partial charge in [-0.25, -0.2) is 4.98 Å². The molecular formula is C22H30IN5OS. The van der Waals surface area contributed by atoms with Crippen molar-refractivity contribution in [3.63, 3.8) is 0 Å². The van der Waals surface area contributed by atoms with E-state index in [1.54, 1.807) is 11.3 Å². The van der Waals surface area contributed by atoms with Gasteiger partial charge >= 0.3 is 0 Å². The first kappa shape index (κ1) is 23.0. The molecule has 0 bridgehead atoms. The fraction of sp³-hybridized carbons (Fsp3) is 0.500. The maximum absolute atomic E-state index is 12.0. The van der Waals surface area contributed by atoms with Gasteiger partial charge in [-0.2, -0.15) is 0 Å². The van der Waals surface area contributed by atoms with Crippen molar-refractivity contribution in [2.75, 3.05) is 31.6 Å². The Bertz CT molecular complexity index is 928. The molecule has 1 unspecified atom stereocenters. The summed E-state index contributed by atoms with van der Waals surface area (Å²) in [6, 6.07) is 8.58. The first-order chi connectivity index (χ1) is 14.1. The summed E-state index contributed by atoms with van der Waals surface area (Å²) >= 11 is 1.73. The number of hydrogen-bond acceptors (Lipinski definition) is 4. The van der Waals surface area contributed by atoms with Crippen LogP contribution < -0.4 is 10.2 Å². The van der Waals surface area contributed by atoms with Crippen LogP contribution in [0.25, 0.3) is 0 Å². The number of hydrogen-bond donors (Lipinski definition) is 1. The lowest BCUT2D eigenvalue weighted by Gasteiger charge is -2.23. The molecule has 2 aromatic rings. The molecule has 4 rings (SSSR count). The molecule has 2 aliphatic heterocycles. The molecule has 2 aliphatic rings. The van der Waals surface area contributed by atoms with E-state index in [-0.39, 0.29) is 24.0 Å². The van der Waals surface area contributed by atoms with E-state index in [2.05, 4.69) is 51.4 Å². The van der Waals surface area contributed by atoms with Crippen molar-refractivity contribution in [3.8, 4) is 0 Å². The van der Waals surface area contributed by atoms with E-state index in [9.17, 15) is 4.79 Å². The summed E-state index contributed by atoms with van der Waals surface area (Å²) in [7, 11) is 1.84. The molecule has 0 aliphatic carbocycles. The van der Waals surface area contributed by atoms with E-state index in [0.717, 1.165) is 55.7 Å². The van der Waals surface area contributed by atoms with Crippen molar-refractivity contribution < 1.29 is 4.79 Å². The zero-order valence-corrected chi connectivity index (χ0v) is 21.0. The van der Waals surface area contributed by atoms with E-state index >= 15 is 0 Å². The van der Waals surface area contributed by atoms with Gasteiger partial charge in [-0.15, -0.1) is 35.3 Å². The fourth-order valence-corrected chi connectivity index (χ4v) is 5.26. The van der Waals surface area contributed by atoms with Crippen molar-refractivity contribution >= 4 is 52.9 Å². The van der Waals surface area contributed by atoms with Crippen LogP contribution in [0.2, 0.25) is 0 Å². The second-order valence-corrected chi connectivity index (χ2v) is 9.07. The number of carbonyl (C=O) groups excluding carboxylic acids is 1. The molecule has 6 nitrogen and oxygen atoms in total. The van der Waals surface area contributed by atoms with E-state index in [1.807, 2.05) is 18.9 Å². The normalized spacial score (nSPS) is 18.6. The Morgan fingerprint density at radius 1 is 1.33 bits per heavy atom. The van der Waals surface area contributed by atoms with E-state index in [1.165, 1.54) is 16.1 Å². The lowest BCUT2D eigenvalue weighted by atomic mass is 9.98. The minimum Gasteiger partial charge on any atom is -0.351 e. The quantitative estimate of drug-likeness (QED) is 0.354. The van der Waals surface area contributed by atoms with Gasteiger partial charge in [0.15, 0.2) is 5.96 Å². The summed E-state index contributed by atoms with van der Waals surface area (Å²) in [5.41, 5.74) is 3.66. The Kier molecular flexibility index (Phi) is 7.73. The molecule has 1 aromatic carbocycles. The number of likely N-dealkylation sites (tertiary alicyclic amines) is 1. The van der Waals surface area contributed by atoms with E-state index < -0.39 is 0 Å². The molecule has 1 amide bonds. The summed E-state index contributed by atoms with van der Waals surface area (Å²) in [6.07, 6.45) is 2.70. The second-order valence-electron chi connectivity index (χ2n) is 7.78. The molecule has 30 heavy (non-hydrogen) atoms. The molecule has 1 aromatic heterocycles. The number of benzene rings is 1. The molecule has 1 atom stereocenters. The summed E-state index contributed by atoms with van der Waals surface area (Å²) in [6.45, 7) is 7.48. The number of thiazole rings is 1. The lowest BCUT2D eigenvalue weighted by Crippen LogP contribution is -2.40. The largest absolute Gasteiger partial charge is 0.351 e. The smallest absolute Gasteiger partial charge is 0.222 e. The number of amides is 1. The molecule has 3 heterocycles. The zero-order chi connectivity index (χ0) is 20.4. The Morgan fingerprint density at radius 3 is 2.80 bits per heavy atom. The van der Waals surface area contributed by atoms with Crippen LogP contribution in [0.5, 0.6) is 0 Å². The number of nitrogens with one attached hydrogen (secondary N) is 1. The molecule has 0 saturated carbocycles. The topological polar surface area (TPSA) is 60.8 Å². The summed E-state index contributed by atoms with van der Waals surface area (Å²) < 4.78 is 0. The van der Waals surface area contributed by atoms with Gasteiger partial charge in [0, 0.05) is 49.6 Å². The van der Waals surface area contributed by atoms with Gasteiger partial charge in [-0.1, -0.05) is 18.2 Å². The van der Waals surface area contributed by atoms with Crippen LogP contribution in [-0.4, -0.2) is 48.4 Å². The number of aromatic nitrogens is 1. The van der Waals surface area contributed by atoms with E-state index in [4.69, 9.17) is 0 Å². The molecule has 162 valence electrons. The Morgan fingerprint density at radius 2 is 2.13 bits per heavy atom. The number of para-hydroxylation sites is 1. The monoisotopic (exact) mass is 539 g/mol. The van der Waals surface area contributed by atoms with Crippen molar-refractivity contribution in [2.45, 2.75) is 45.6 Å². The van der Waals surface area contributed by atoms with Crippen LogP contribution in [0.1, 0.15) is 46.3 Å². The predicted molar refractivity (Wildman–Crippen MR) is 134 cm³/mol. The predicted octanol–water partition coefficient (Wildman–Crippen LogP) is 4.07. The minimum atomic E-state index is 0. The van der Waals surface area contributed by atoms with Crippen LogP contribution in [0.4, 0.5) is 5.69 Å². The number of rotatable bonds is 5. The number of aliphatic imine (C=N–C) groups is 1. The van der Waals surface area contributed by atoms with Gasteiger partial charge < -0.3 is 15.1 Å². The molecular weight excluding hydrogens is 509 g/mol. The number of aryl methyl sites for hydroxylation is 2. The highest BCUT2D eigenvalue weighted by atomic mass is 127. The van der Waals surface area contributed by atoms with Crippen LogP contribution in [0, 0.1) is 13.8 Å². The third-order valence-corrected chi connectivity index (χ3v) is 6.94. The van der Waals surface area contributed by atoms with Gasteiger partial charge in [0.25, 0.3) is 0 Å². The Balaban J connectivity index is 0.00000256. The van der Waals surface area contributed by atoms with Crippen molar-refractivity contribution in [3.05, 3.63) is 45.4 Å². The van der Waals surface area contributed by atoms with Crippen LogP contribution in [-0.2, 0) is 11.3 Å². The highest BCUT2D eigenvalue weighted by Crippen LogP contribution is 2.38. The number of carbonyl (C=O) groups is 1. The molecule has 8 heteroatoms. The third-order valence-electron chi connectivity index (χ3n) is 5.86. The maximum atomic E-state index is 12.0. The SMILES string of the molecule is CN=C(NCc1sc(C)nc1C)N1CC(CCN2CCCC2=O)c2ccccc21.I. The van der Waals surface area contributed by atoms with E-state index in [0.29, 0.717) is 18.2 Å². The number of nitrogens with zero attached hydrogens (tertiary/aromatic N) is 4.